The van der Waals surface area contributed by atoms with Crippen LogP contribution >= 0.6 is 0 Å². The van der Waals surface area contributed by atoms with Gasteiger partial charge in [-0.3, -0.25) is 0 Å². The molecule has 2 aliphatic heterocycles. The molecule has 7 nitrogen and oxygen atoms in total. The molecule has 0 amide bonds. The van der Waals surface area contributed by atoms with Crippen LogP contribution < -0.4 is 0 Å². The van der Waals surface area contributed by atoms with Gasteiger partial charge >= 0.3 is 0 Å². The quantitative estimate of drug-likeness (QED) is 0.642. The van der Waals surface area contributed by atoms with E-state index in [-0.39, 0.29) is 31.0 Å². The van der Waals surface area contributed by atoms with Gasteiger partial charge in [-0.15, -0.1) is 0 Å². The molecule has 4 unspecified atom stereocenters. The van der Waals surface area contributed by atoms with Crippen LogP contribution in [0.25, 0.3) is 0 Å². The molecule has 3 rings (SSSR count). The van der Waals surface area contributed by atoms with Crippen LogP contribution in [0, 0.1) is 0 Å². The fraction of sp³-hybridized carbons (Fsp3) is 1.00. The summed E-state index contributed by atoms with van der Waals surface area (Å²) in [6.45, 7) is 3.52. The summed E-state index contributed by atoms with van der Waals surface area (Å²) in [6.07, 6.45) is 7.68. The third-order valence-electron chi connectivity index (χ3n) is 5.20. The molecule has 4 atom stereocenters. The predicted molar refractivity (Wildman–Crippen MR) is 94.3 cm³/mol. The summed E-state index contributed by atoms with van der Waals surface area (Å²) in [6, 6.07) is 0. The Balaban J connectivity index is 1.21. The minimum absolute atomic E-state index is 0.00748. The fourth-order valence-corrected chi connectivity index (χ4v) is 3.54. The SMILES string of the molecule is OCC1COC(COCC2COC(COC3CCCCCC3)CO2)CO1. The van der Waals surface area contributed by atoms with E-state index in [9.17, 15) is 0 Å². The maximum Gasteiger partial charge on any atom is 0.104 e. The smallest absolute Gasteiger partial charge is 0.104 e. The molecule has 3 aliphatic rings. The van der Waals surface area contributed by atoms with Gasteiger partial charge in [-0.25, -0.2) is 0 Å². The van der Waals surface area contributed by atoms with E-state index in [1.165, 1.54) is 38.5 Å². The molecular weight excluding hydrogens is 340 g/mol. The van der Waals surface area contributed by atoms with Crippen LogP contribution in [0.15, 0.2) is 0 Å². The van der Waals surface area contributed by atoms with E-state index in [4.69, 9.17) is 33.5 Å². The minimum Gasteiger partial charge on any atom is -0.394 e. The zero-order valence-electron chi connectivity index (χ0n) is 15.7. The van der Waals surface area contributed by atoms with E-state index in [0.29, 0.717) is 52.4 Å². The summed E-state index contributed by atoms with van der Waals surface area (Å²) < 4.78 is 34.5. The molecule has 2 saturated heterocycles. The van der Waals surface area contributed by atoms with Gasteiger partial charge in [0.25, 0.3) is 0 Å². The van der Waals surface area contributed by atoms with Crippen LogP contribution in [0.5, 0.6) is 0 Å². The lowest BCUT2D eigenvalue weighted by atomic mass is 10.1. The van der Waals surface area contributed by atoms with Crippen molar-refractivity contribution in [1.82, 2.24) is 0 Å². The number of aliphatic hydroxyl groups is 1. The van der Waals surface area contributed by atoms with Crippen LogP contribution in [0.3, 0.4) is 0 Å². The molecule has 2 heterocycles. The lowest BCUT2D eigenvalue weighted by Gasteiger charge is -2.31. The van der Waals surface area contributed by atoms with Crippen molar-refractivity contribution in [3.05, 3.63) is 0 Å². The number of aliphatic hydroxyl groups excluding tert-OH is 1. The average molecular weight is 374 g/mol. The Kier molecular flexibility index (Phi) is 9.08. The lowest BCUT2D eigenvalue weighted by Crippen LogP contribution is -2.43. The summed E-state index contributed by atoms with van der Waals surface area (Å²) in [5.74, 6) is 0. The second kappa shape index (κ2) is 11.5. The Morgan fingerprint density at radius 3 is 1.65 bits per heavy atom. The summed E-state index contributed by atoms with van der Waals surface area (Å²) in [7, 11) is 0. The van der Waals surface area contributed by atoms with Gasteiger partial charge in [-0.2, -0.15) is 0 Å². The van der Waals surface area contributed by atoms with Crippen LogP contribution in [-0.2, 0) is 28.4 Å². The molecule has 0 aromatic heterocycles. The highest BCUT2D eigenvalue weighted by Gasteiger charge is 2.26. The Labute approximate surface area is 156 Å². The molecule has 0 spiro atoms. The first kappa shape index (κ1) is 20.5. The maximum absolute atomic E-state index is 8.99. The minimum atomic E-state index is -0.210. The van der Waals surface area contributed by atoms with E-state index in [1.54, 1.807) is 0 Å². The van der Waals surface area contributed by atoms with Crippen molar-refractivity contribution in [3.63, 3.8) is 0 Å². The van der Waals surface area contributed by atoms with E-state index >= 15 is 0 Å². The highest BCUT2D eigenvalue weighted by atomic mass is 16.6. The van der Waals surface area contributed by atoms with Gasteiger partial charge in [0, 0.05) is 0 Å². The molecule has 26 heavy (non-hydrogen) atoms. The molecule has 7 heteroatoms. The third kappa shape index (κ3) is 7.03. The Bertz CT molecular complexity index is 357. The van der Waals surface area contributed by atoms with Crippen molar-refractivity contribution in [2.45, 2.75) is 69.0 Å². The maximum atomic E-state index is 8.99. The van der Waals surface area contributed by atoms with Crippen molar-refractivity contribution in [3.8, 4) is 0 Å². The van der Waals surface area contributed by atoms with E-state index in [1.807, 2.05) is 0 Å². The highest BCUT2D eigenvalue weighted by Crippen LogP contribution is 2.20. The van der Waals surface area contributed by atoms with Crippen LogP contribution in [0.1, 0.15) is 38.5 Å². The molecule has 152 valence electrons. The zero-order chi connectivity index (χ0) is 18.0. The van der Waals surface area contributed by atoms with Gasteiger partial charge in [-0.1, -0.05) is 25.7 Å². The van der Waals surface area contributed by atoms with Crippen molar-refractivity contribution >= 4 is 0 Å². The van der Waals surface area contributed by atoms with Gasteiger partial charge in [0.1, 0.15) is 24.4 Å². The standard InChI is InChI=1S/C19H34O7/c20-7-16-10-24-17(11-23-16)8-21-9-18-12-26-19(14-25-18)13-22-15-5-3-1-2-4-6-15/h15-20H,1-14H2. The largest absolute Gasteiger partial charge is 0.394 e. The second-order valence-electron chi connectivity index (χ2n) is 7.49. The lowest BCUT2D eigenvalue weighted by molar-refractivity contribution is -0.186. The first-order valence-electron chi connectivity index (χ1n) is 10.1. The fourth-order valence-electron chi connectivity index (χ4n) is 3.54. The Morgan fingerprint density at radius 1 is 0.654 bits per heavy atom. The van der Waals surface area contributed by atoms with Gasteiger partial charge in [0.2, 0.25) is 0 Å². The Hall–Kier alpha value is -0.280. The molecule has 0 bridgehead atoms. The van der Waals surface area contributed by atoms with Crippen molar-refractivity contribution in [2.75, 3.05) is 52.9 Å². The molecular formula is C19H34O7. The number of hydrogen-bond acceptors (Lipinski definition) is 7. The van der Waals surface area contributed by atoms with Crippen LogP contribution in [-0.4, -0.2) is 88.5 Å². The van der Waals surface area contributed by atoms with E-state index in [2.05, 4.69) is 0 Å². The normalized spacial score (nSPS) is 34.5. The first-order valence-corrected chi connectivity index (χ1v) is 10.1. The molecule has 0 aromatic rings. The van der Waals surface area contributed by atoms with Gasteiger partial charge in [0.15, 0.2) is 0 Å². The summed E-state index contributed by atoms with van der Waals surface area (Å²) >= 11 is 0. The molecule has 1 N–H and O–H groups in total. The van der Waals surface area contributed by atoms with Gasteiger partial charge in [0.05, 0.1) is 59.0 Å². The molecule has 3 fully saturated rings. The summed E-state index contributed by atoms with van der Waals surface area (Å²) in [5, 5.41) is 8.99. The second-order valence-corrected chi connectivity index (χ2v) is 7.49. The Morgan fingerprint density at radius 2 is 1.15 bits per heavy atom. The molecule has 1 aliphatic carbocycles. The summed E-state index contributed by atoms with van der Waals surface area (Å²) in [4.78, 5) is 0. The molecule has 1 saturated carbocycles. The predicted octanol–water partition coefficient (Wildman–Crippen LogP) is 1.30. The van der Waals surface area contributed by atoms with Gasteiger partial charge in [-0.05, 0) is 12.8 Å². The number of hydrogen-bond donors (Lipinski definition) is 1. The van der Waals surface area contributed by atoms with E-state index in [0.717, 1.165) is 0 Å². The van der Waals surface area contributed by atoms with Crippen LogP contribution in [0.4, 0.5) is 0 Å². The topological polar surface area (TPSA) is 75.6 Å². The summed E-state index contributed by atoms with van der Waals surface area (Å²) in [5.41, 5.74) is 0. The van der Waals surface area contributed by atoms with Gasteiger partial charge < -0.3 is 33.5 Å². The first-order chi connectivity index (χ1) is 12.8. The molecule has 0 aromatic carbocycles. The van der Waals surface area contributed by atoms with Crippen molar-refractivity contribution in [1.29, 1.82) is 0 Å². The van der Waals surface area contributed by atoms with Crippen LogP contribution in [0.2, 0.25) is 0 Å². The number of ether oxygens (including phenoxy) is 6. The highest BCUT2D eigenvalue weighted by molar-refractivity contribution is 4.71. The number of rotatable bonds is 8. The average Bonchev–Trinajstić information content (AvgIpc) is 2.97. The third-order valence-corrected chi connectivity index (χ3v) is 5.20. The van der Waals surface area contributed by atoms with E-state index < -0.39 is 0 Å². The monoisotopic (exact) mass is 374 g/mol. The zero-order valence-corrected chi connectivity index (χ0v) is 15.7. The van der Waals surface area contributed by atoms with Crippen molar-refractivity contribution < 1.29 is 33.5 Å². The molecule has 0 radical (unpaired) electrons. The van der Waals surface area contributed by atoms with Crippen molar-refractivity contribution in [2.24, 2.45) is 0 Å².